The third-order valence-corrected chi connectivity index (χ3v) is 6.14. The van der Waals surface area contributed by atoms with Crippen molar-refractivity contribution in [1.82, 2.24) is 4.72 Å². The van der Waals surface area contributed by atoms with Crippen LogP contribution >= 0.6 is 0 Å². The van der Waals surface area contributed by atoms with Crippen LogP contribution in [0, 0.1) is 22.2 Å². The van der Waals surface area contributed by atoms with Crippen LogP contribution in [0.25, 0.3) is 0 Å². The number of hydrogen-bond acceptors (Lipinski definition) is 4. The van der Waals surface area contributed by atoms with Crippen LogP contribution in [0.4, 0.5) is 0 Å². The van der Waals surface area contributed by atoms with E-state index in [0.29, 0.717) is 0 Å². The molecule has 0 saturated heterocycles. The summed E-state index contributed by atoms with van der Waals surface area (Å²) in [5.74, 6) is 0. The molecule has 6 heteroatoms. The molecule has 1 saturated carbocycles. The molecule has 0 bridgehead atoms. The maximum absolute atomic E-state index is 12.6. The van der Waals surface area contributed by atoms with Crippen molar-refractivity contribution in [2.45, 2.75) is 44.7 Å². The third kappa shape index (κ3) is 2.35. The van der Waals surface area contributed by atoms with E-state index < -0.39 is 10.0 Å². The highest BCUT2D eigenvalue weighted by molar-refractivity contribution is 7.89. The zero-order valence-corrected chi connectivity index (χ0v) is 13.5. The molecule has 3 N–H and O–H groups in total. The van der Waals surface area contributed by atoms with Crippen LogP contribution in [-0.2, 0) is 10.0 Å². The highest BCUT2D eigenvalue weighted by Gasteiger charge is 2.61. The van der Waals surface area contributed by atoms with Gasteiger partial charge in [0.25, 0.3) is 0 Å². The number of rotatable bonds is 3. The Bertz CT molecular complexity index is 686. The summed E-state index contributed by atoms with van der Waals surface area (Å²) in [4.78, 5) is 0.0135. The highest BCUT2D eigenvalue weighted by Crippen LogP contribution is 2.52. The average Bonchev–Trinajstić information content (AvgIpc) is 2.43. The highest BCUT2D eigenvalue weighted by atomic mass is 32.2. The summed E-state index contributed by atoms with van der Waals surface area (Å²) in [5, 5.41) is 9.07. The van der Waals surface area contributed by atoms with E-state index in [0.717, 1.165) is 0 Å². The molecule has 1 aliphatic rings. The summed E-state index contributed by atoms with van der Waals surface area (Å²) in [6.07, 6.45) is 0. The molecule has 0 aliphatic heterocycles. The van der Waals surface area contributed by atoms with Gasteiger partial charge in [-0.3, -0.25) is 0 Å². The second-order valence-corrected chi connectivity index (χ2v) is 8.47. The summed E-state index contributed by atoms with van der Waals surface area (Å²) >= 11 is 0. The first-order valence-corrected chi connectivity index (χ1v) is 8.30. The molecular weight excluding hydrogens is 286 g/mol. The predicted molar refractivity (Wildman–Crippen MR) is 80.8 cm³/mol. The van der Waals surface area contributed by atoms with Crippen molar-refractivity contribution in [3.05, 3.63) is 29.8 Å². The van der Waals surface area contributed by atoms with E-state index in [1.165, 1.54) is 12.1 Å². The van der Waals surface area contributed by atoms with Crippen LogP contribution in [0.15, 0.2) is 29.2 Å². The maximum Gasteiger partial charge on any atom is 0.242 e. The zero-order chi connectivity index (χ0) is 16.1. The quantitative estimate of drug-likeness (QED) is 0.886. The van der Waals surface area contributed by atoms with E-state index in [-0.39, 0.29) is 33.4 Å². The smallest absolute Gasteiger partial charge is 0.242 e. The molecule has 0 radical (unpaired) electrons. The minimum Gasteiger partial charge on any atom is -0.327 e. The van der Waals surface area contributed by atoms with Crippen molar-refractivity contribution in [1.29, 1.82) is 5.26 Å². The number of sulfonamides is 1. The van der Waals surface area contributed by atoms with Crippen molar-refractivity contribution in [2.75, 3.05) is 0 Å². The Labute approximate surface area is 126 Å². The van der Waals surface area contributed by atoms with Gasteiger partial charge in [-0.2, -0.15) is 5.26 Å². The lowest BCUT2D eigenvalue weighted by atomic mass is 9.49. The van der Waals surface area contributed by atoms with Gasteiger partial charge in [0, 0.05) is 12.1 Å². The molecule has 0 spiro atoms. The van der Waals surface area contributed by atoms with Crippen molar-refractivity contribution < 1.29 is 8.42 Å². The van der Waals surface area contributed by atoms with Crippen LogP contribution in [0.3, 0.4) is 0 Å². The Morgan fingerprint density at radius 3 is 2.24 bits per heavy atom. The van der Waals surface area contributed by atoms with Gasteiger partial charge in [-0.15, -0.1) is 0 Å². The standard InChI is InChI=1S/C15H21N3O2S/c1-14(2)12(17)15(3,4)13(14)18-21(19,20)11-8-6-5-7-10(11)9-16/h5-8,12-13,18H,17H2,1-4H3. The van der Waals surface area contributed by atoms with Gasteiger partial charge < -0.3 is 5.73 Å². The van der Waals surface area contributed by atoms with Crippen LogP contribution in [0.1, 0.15) is 33.3 Å². The minimum absolute atomic E-state index is 0.0135. The Balaban J connectivity index is 2.38. The SMILES string of the molecule is CC1(C)C(N)C(C)(C)C1NS(=O)(=O)c1ccccc1C#N. The van der Waals surface area contributed by atoms with Crippen LogP contribution in [-0.4, -0.2) is 20.5 Å². The van der Waals surface area contributed by atoms with E-state index in [4.69, 9.17) is 11.0 Å². The molecule has 1 fully saturated rings. The van der Waals surface area contributed by atoms with Gasteiger partial charge in [-0.1, -0.05) is 39.8 Å². The van der Waals surface area contributed by atoms with Crippen molar-refractivity contribution >= 4 is 10.0 Å². The monoisotopic (exact) mass is 307 g/mol. The molecule has 5 nitrogen and oxygen atoms in total. The van der Waals surface area contributed by atoms with E-state index >= 15 is 0 Å². The molecule has 2 rings (SSSR count). The molecule has 0 aromatic heterocycles. The van der Waals surface area contributed by atoms with Crippen LogP contribution < -0.4 is 10.5 Å². The summed E-state index contributed by atoms with van der Waals surface area (Å²) in [6.45, 7) is 7.80. The van der Waals surface area contributed by atoms with Gasteiger partial charge in [0.15, 0.2) is 0 Å². The second-order valence-electron chi connectivity index (χ2n) is 6.78. The van der Waals surface area contributed by atoms with Gasteiger partial charge in [0.2, 0.25) is 10.0 Å². The van der Waals surface area contributed by atoms with Gasteiger partial charge in [-0.05, 0) is 23.0 Å². The summed E-state index contributed by atoms with van der Waals surface area (Å²) in [5.41, 5.74) is 5.62. The second kappa shape index (κ2) is 4.80. The Kier molecular flexibility index (Phi) is 3.65. The third-order valence-electron chi connectivity index (χ3n) is 4.66. The molecular formula is C15H21N3O2S. The Morgan fingerprint density at radius 1 is 1.19 bits per heavy atom. The van der Waals surface area contributed by atoms with Gasteiger partial charge in [-0.25, -0.2) is 13.1 Å². The molecule has 0 unspecified atom stereocenters. The molecule has 1 aromatic rings. The number of nitrogens with two attached hydrogens (primary N) is 1. The van der Waals surface area contributed by atoms with Crippen molar-refractivity contribution in [3.8, 4) is 6.07 Å². The van der Waals surface area contributed by atoms with Crippen molar-refractivity contribution in [2.24, 2.45) is 16.6 Å². The first kappa shape index (κ1) is 16.0. The molecule has 21 heavy (non-hydrogen) atoms. The number of nitrogens with zero attached hydrogens (tertiary/aromatic N) is 1. The number of nitrogens with one attached hydrogen (secondary N) is 1. The lowest BCUT2D eigenvalue weighted by molar-refractivity contribution is -0.0593. The minimum atomic E-state index is -3.76. The lowest BCUT2D eigenvalue weighted by Crippen LogP contribution is -2.75. The van der Waals surface area contributed by atoms with Crippen LogP contribution in [0.5, 0.6) is 0 Å². The van der Waals surface area contributed by atoms with E-state index in [1.54, 1.807) is 12.1 Å². The first-order valence-electron chi connectivity index (χ1n) is 6.82. The van der Waals surface area contributed by atoms with Gasteiger partial charge in [0.1, 0.15) is 6.07 Å². The maximum atomic E-state index is 12.6. The van der Waals surface area contributed by atoms with E-state index in [9.17, 15) is 8.42 Å². The van der Waals surface area contributed by atoms with Gasteiger partial charge >= 0.3 is 0 Å². The first-order chi connectivity index (χ1) is 9.55. The topological polar surface area (TPSA) is 96.0 Å². The van der Waals surface area contributed by atoms with E-state index in [2.05, 4.69) is 4.72 Å². The molecule has 0 atom stereocenters. The summed E-state index contributed by atoms with van der Waals surface area (Å²) in [7, 11) is -3.76. The summed E-state index contributed by atoms with van der Waals surface area (Å²) < 4.78 is 27.9. The fourth-order valence-corrected chi connectivity index (χ4v) is 5.20. The largest absolute Gasteiger partial charge is 0.327 e. The number of hydrogen-bond donors (Lipinski definition) is 2. The molecule has 0 heterocycles. The molecule has 1 aromatic carbocycles. The lowest BCUT2D eigenvalue weighted by Gasteiger charge is -2.62. The molecule has 0 amide bonds. The summed E-state index contributed by atoms with van der Waals surface area (Å²) in [6, 6.07) is 7.74. The fraction of sp³-hybridized carbons (Fsp3) is 0.533. The van der Waals surface area contributed by atoms with Crippen molar-refractivity contribution in [3.63, 3.8) is 0 Å². The Morgan fingerprint density at radius 2 is 1.71 bits per heavy atom. The van der Waals surface area contributed by atoms with Gasteiger partial charge in [0.05, 0.1) is 10.5 Å². The molecule has 114 valence electrons. The average molecular weight is 307 g/mol. The normalized spacial score (nSPS) is 26.7. The Hall–Kier alpha value is -1.42. The number of benzene rings is 1. The van der Waals surface area contributed by atoms with E-state index in [1.807, 2.05) is 33.8 Å². The predicted octanol–water partition coefficient (Wildman–Crippen LogP) is 1.60. The fourth-order valence-electron chi connectivity index (χ4n) is 3.50. The van der Waals surface area contributed by atoms with Crippen LogP contribution in [0.2, 0.25) is 0 Å². The zero-order valence-electron chi connectivity index (χ0n) is 12.7. The number of nitriles is 1. The molecule has 1 aliphatic carbocycles.